The molecule has 1 aromatic carbocycles. The van der Waals surface area contributed by atoms with Crippen LogP contribution in [0.4, 0.5) is 0 Å². The van der Waals surface area contributed by atoms with Crippen molar-refractivity contribution in [2.75, 3.05) is 13.6 Å². The molecule has 0 saturated carbocycles. The highest BCUT2D eigenvalue weighted by Gasteiger charge is 2.10. The Balaban J connectivity index is 2.37. The van der Waals surface area contributed by atoms with E-state index in [1.54, 1.807) is 11.3 Å². The molecule has 1 heterocycles. The van der Waals surface area contributed by atoms with Crippen LogP contribution in [0.5, 0.6) is 0 Å². The van der Waals surface area contributed by atoms with E-state index < -0.39 is 0 Å². The fraction of sp³-hybridized carbons (Fsp3) is 0.357. The zero-order valence-electron chi connectivity index (χ0n) is 10.6. The molecule has 1 N–H and O–H groups in total. The summed E-state index contributed by atoms with van der Waals surface area (Å²) in [6.07, 6.45) is 0.990. The van der Waals surface area contributed by atoms with E-state index in [1.807, 2.05) is 7.05 Å². The molecule has 17 heavy (non-hydrogen) atoms. The predicted molar refractivity (Wildman–Crippen MR) is 74.7 cm³/mol. The van der Waals surface area contributed by atoms with Crippen LogP contribution in [0.2, 0.25) is 0 Å². The van der Waals surface area contributed by atoms with Crippen molar-refractivity contribution < 1.29 is 0 Å². The van der Waals surface area contributed by atoms with Crippen LogP contribution in [0.25, 0.3) is 10.4 Å². The van der Waals surface area contributed by atoms with Crippen LogP contribution >= 0.6 is 11.3 Å². The molecule has 0 aliphatic heterocycles. The normalized spacial score (nSPS) is 10.8. The molecule has 0 radical (unpaired) electrons. The van der Waals surface area contributed by atoms with E-state index in [1.165, 1.54) is 21.7 Å². The zero-order valence-corrected chi connectivity index (χ0v) is 11.4. The van der Waals surface area contributed by atoms with Crippen molar-refractivity contribution in [3.05, 3.63) is 40.5 Å². The third-order valence-corrected chi connectivity index (χ3v) is 3.76. The van der Waals surface area contributed by atoms with Gasteiger partial charge in [0.2, 0.25) is 0 Å². The average molecular weight is 246 g/mol. The molecular weight excluding hydrogens is 228 g/mol. The average Bonchev–Trinajstić information content (AvgIpc) is 2.68. The lowest BCUT2D eigenvalue weighted by molar-refractivity contribution is 0.779. The van der Waals surface area contributed by atoms with Crippen molar-refractivity contribution in [1.82, 2.24) is 10.3 Å². The Hall–Kier alpha value is -1.19. The number of hydrogen-bond donors (Lipinski definition) is 1. The maximum Gasteiger partial charge on any atom is 0.0903 e. The third-order valence-electron chi connectivity index (χ3n) is 2.70. The zero-order chi connectivity index (χ0) is 12.3. The number of likely N-dealkylation sites (N-methyl/N-ethyl adjacent to an activating group) is 1. The molecule has 0 atom stereocenters. The monoisotopic (exact) mass is 246 g/mol. The first-order valence-electron chi connectivity index (χ1n) is 5.88. The number of thiazole rings is 1. The van der Waals surface area contributed by atoms with Crippen molar-refractivity contribution in [3.63, 3.8) is 0 Å². The van der Waals surface area contributed by atoms with E-state index in [4.69, 9.17) is 0 Å². The van der Waals surface area contributed by atoms with E-state index in [0.717, 1.165) is 18.0 Å². The molecule has 0 spiro atoms. The topological polar surface area (TPSA) is 24.9 Å². The Morgan fingerprint density at radius 3 is 2.82 bits per heavy atom. The second-order valence-electron chi connectivity index (χ2n) is 4.23. The van der Waals surface area contributed by atoms with E-state index >= 15 is 0 Å². The van der Waals surface area contributed by atoms with Crippen LogP contribution < -0.4 is 5.32 Å². The van der Waals surface area contributed by atoms with Crippen LogP contribution in [-0.2, 0) is 6.42 Å². The third kappa shape index (κ3) is 2.93. The number of aromatic nitrogens is 1. The lowest BCUT2D eigenvalue weighted by Gasteiger charge is -2.03. The van der Waals surface area contributed by atoms with E-state index in [0.29, 0.717) is 0 Å². The van der Waals surface area contributed by atoms with Crippen molar-refractivity contribution in [3.8, 4) is 10.4 Å². The summed E-state index contributed by atoms with van der Waals surface area (Å²) >= 11 is 1.79. The van der Waals surface area contributed by atoms with Gasteiger partial charge in [0.1, 0.15) is 0 Å². The largest absolute Gasteiger partial charge is 0.319 e. The van der Waals surface area contributed by atoms with Crippen molar-refractivity contribution in [2.45, 2.75) is 20.3 Å². The van der Waals surface area contributed by atoms with Crippen LogP contribution in [0.15, 0.2) is 24.3 Å². The molecule has 0 amide bonds. The van der Waals surface area contributed by atoms with E-state index in [-0.39, 0.29) is 0 Å². The van der Waals surface area contributed by atoms with Gasteiger partial charge in [-0.05, 0) is 26.5 Å². The smallest absolute Gasteiger partial charge is 0.0903 e. The maximum absolute atomic E-state index is 4.63. The Kier molecular flexibility index (Phi) is 3.92. The molecule has 0 unspecified atom stereocenters. The van der Waals surface area contributed by atoms with Crippen LogP contribution in [0, 0.1) is 13.8 Å². The molecule has 0 bridgehead atoms. The van der Waals surface area contributed by atoms with Gasteiger partial charge in [0.25, 0.3) is 0 Å². The number of hydrogen-bond acceptors (Lipinski definition) is 3. The van der Waals surface area contributed by atoms with Gasteiger partial charge in [-0.25, -0.2) is 4.98 Å². The summed E-state index contributed by atoms with van der Waals surface area (Å²) < 4.78 is 0. The van der Waals surface area contributed by atoms with Crippen LogP contribution in [-0.4, -0.2) is 18.6 Å². The number of rotatable bonds is 4. The fourth-order valence-corrected chi connectivity index (χ4v) is 2.86. The number of benzene rings is 1. The van der Waals surface area contributed by atoms with Gasteiger partial charge in [0.05, 0.1) is 15.6 Å². The first-order chi connectivity index (χ1) is 8.20. The van der Waals surface area contributed by atoms with Gasteiger partial charge in [-0.2, -0.15) is 0 Å². The summed E-state index contributed by atoms with van der Waals surface area (Å²) in [6.45, 7) is 5.18. The van der Waals surface area contributed by atoms with Gasteiger partial charge in [0, 0.05) is 13.0 Å². The Morgan fingerprint density at radius 2 is 2.12 bits per heavy atom. The van der Waals surface area contributed by atoms with Crippen LogP contribution in [0.3, 0.4) is 0 Å². The van der Waals surface area contributed by atoms with Crippen LogP contribution in [0.1, 0.15) is 16.3 Å². The minimum absolute atomic E-state index is 0.974. The number of nitrogens with zero attached hydrogens (tertiary/aromatic N) is 1. The lowest BCUT2D eigenvalue weighted by Crippen LogP contribution is -2.10. The molecule has 1 aromatic heterocycles. The molecular formula is C14H18N2S. The highest BCUT2D eigenvalue weighted by Crippen LogP contribution is 2.30. The van der Waals surface area contributed by atoms with Crippen molar-refractivity contribution in [2.24, 2.45) is 0 Å². The summed E-state index contributed by atoms with van der Waals surface area (Å²) in [5.74, 6) is 0. The molecule has 0 saturated heterocycles. The SMILES string of the molecule is CNCCc1nc(C)sc1-c1cccc(C)c1. The molecule has 3 heteroatoms. The Labute approximate surface area is 107 Å². The van der Waals surface area contributed by atoms with Crippen molar-refractivity contribution in [1.29, 1.82) is 0 Å². The predicted octanol–water partition coefficient (Wildman–Crippen LogP) is 3.19. The second-order valence-corrected chi connectivity index (χ2v) is 5.43. The molecule has 2 rings (SSSR count). The lowest BCUT2D eigenvalue weighted by atomic mass is 10.1. The minimum atomic E-state index is 0.974. The van der Waals surface area contributed by atoms with Gasteiger partial charge >= 0.3 is 0 Å². The standard InChI is InChI=1S/C14H18N2S/c1-10-5-4-6-12(9-10)14-13(7-8-15-3)16-11(2)17-14/h4-6,9,15H,7-8H2,1-3H3. The van der Waals surface area contributed by atoms with Gasteiger partial charge in [-0.3, -0.25) is 0 Å². The highest BCUT2D eigenvalue weighted by molar-refractivity contribution is 7.15. The molecule has 90 valence electrons. The molecule has 2 nitrogen and oxygen atoms in total. The quantitative estimate of drug-likeness (QED) is 0.896. The molecule has 0 fully saturated rings. The van der Waals surface area contributed by atoms with Gasteiger partial charge in [-0.15, -0.1) is 11.3 Å². The maximum atomic E-state index is 4.63. The van der Waals surface area contributed by atoms with E-state index in [2.05, 4.69) is 48.4 Å². The molecule has 0 aliphatic carbocycles. The van der Waals surface area contributed by atoms with E-state index in [9.17, 15) is 0 Å². The first kappa shape index (κ1) is 12.3. The molecule has 2 aromatic rings. The number of aryl methyl sites for hydroxylation is 2. The van der Waals surface area contributed by atoms with Gasteiger partial charge in [-0.1, -0.05) is 29.8 Å². The minimum Gasteiger partial charge on any atom is -0.319 e. The highest BCUT2D eigenvalue weighted by atomic mass is 32.1. The first-order valence-corrected chi connectivity index (χ1v) is 6.70. The Morgan fingerprint density at radius 1 is 1.29 bits per heavy atom. The van der Waals surface area contributed by atoms with Gasteiger partial charge < -0.3 is 5.32 Å². The van der Waals surface area contributed by atoms with Crippen molar-refractivity contribution >= 4 is 11.3 Å². The molecule has 0 aliphatic rings. The summed E-state index contributed by atoms with van der Waals surface area (Å²) in [7, 11) is 1.98. The fourth-order valence-electron chi connectivity index (χ4n) is 1.89. The van der Waals surface area contributed by atoms with Gasteiger partial charge in [0.15, 0.2) is 0 Å². The summed E-state index contributed by atoms with van der Waals surface area (Å²) in [5, 5.41) is 4.33. The second kappa shape index (κ2) is 5.43. The Bertz CT molecular complexity index is 503. The summed E-state index contributed by atoms with van der Waals surface area (Å²) in [6, 6.07) is 8.64. The number of nitrogens with one attached hydrogen (secondary N) is 1. The summed E-state index contributed by atoms with van der Waals surface area (Å²) in [5.41, 5.74) is 3.81. The summed E-state index contributed by atoms with van der Waals surface area (Å²) in [4.78, 5) is 5.95.